The van der Waals surface area contributed by atoms with E-state index in [-0.39, 0.29) is 11.8 Å². The van der Waals surface area contributed by atoms with E-state index in [1.165, 1.54) is 0 Å². The van der Waals surface area contributed by atoms with Crippen molar-refractivity contribution in [3.05, 3.63) is 64.7 Å². The Morgan fingerprint density at radius 1 is 0.952 bits per heavy atom. The van der Waals surface area contributed by atoms with Crippen LogP contribution in [0.15, 0.2) is 42.5 Å². The molecular formula is C17H18N2O2. The Balaban J connectivity index is 2.24. The van der Waals surface area contributed by atoms with Crippen LogP contribution in [0.1, 0.15) is 31.8 Å². The van der Waals surface area contributed by atoms with Gasteiger partial charge in [-0.05, 0) is 49.2 Å². The topological polar surface area (TPSA) is 58.2 Å². The number of hydrogen-bond donors (Lipinski definition) is 2. The molecule has 0 aliphatic carbocycles. The van der Waals surface area contributed by atoms with Gasteiger partial charge in [-0.2, -0.15) is 0 Å². The molecule has 0 fully saturated rings. The zero-order valence-electron chi connectivity index (χ0n) is 12.4. The van der Waals surface area contributed by atoms with Crippen LogP contribution in [0.5, 0.6) is 0 Å². The normalized spacial score (nSPS) is 10.0. The van der Waals surface area contributed by atoms with Crippen LogP contribution in [-0.4, -0.2) is 18.9 Å². The molecule has 0 saturated heterocycles. The maximum absolute atomic E-state index is 12.3. The van der Waals surface area contributed by atoms with E-state index in [2.05, 4.69) is 10.6 Å². The first-order valence-electron chi connectivity index (χ1n) is 6.72. The van der Waals surface area contributed by atoms with Gasteiger partial charge >= 0.3 is 0 Å². The highest BCUT2D eigenvalue weighted by molar-refractivity contribution is 6.06. The highest BCUT2D eigenvalue weighted by Crippen LogP contribution is 2.16. The van der Waals surface area contributed by atoms with Crippen molar-refractivity contribution in [2.75, 3.05) is 12.4 Å². The second-order valence-electron chi connectivity index (χ2n) is 4.86. The average Bonchev–Trinajstić information content (AvgIpc) is 2.49. The minimum Gasteiger partial charge on any atom is -0.355 e. The van der Waals surface area contributed by atoms with Gasteiger partial charge in [0.25, 0.3) is 11.8 Å². The van der Waals surface area contributed by atoms with E-state index in [1.54, 1.807) is 37.4 Å². The van der Waals surface area contributed by atoms with E-state index < -0.39 is 0 Å². The fourth-order valence-corrected chi connectivity index (χ4v) is 2.08. The van der Waals surface area contributed by atoms with Gasteiger partial charge < -0.3 is 10.6 Å². The van der Waals surface area contributed by atoms with E-state index in [0.717, 1.165) is 11.1 Å². The minimum absolute atomic E-state index is 0.176. The van der Waals surface area contributed by atoms with Crippen molar-refractivity contribution in [2.24, 2.45) is 0 Å². The molecule has 108 valence electrons. The summed E-state index contributed by atoms with van der Waals surface area (Å²) in [6.07, 6.45) is 0. The van der Waals surface area contributed by atoms with Gasteiger partial charge in [0.05, 0.1) is 0 Å². The summed E-state index contributed by atoms with van der Waals surface area (Å²) in [7, 11) is 1.57. The van der Waals surface area contributed by atoms with Crippen molar-refractivity contribution < 1.29 is 9.59 Å². The van der Waals surface area contributed by atoms with Crippen molar-refractivity contribution in [3.63, 3.8) is 0 Å². The molecule has 4 heteroatoms. The van der Waals surface area contributed by atoms with Crippen molar-refractivity contribution in [2.45, 2.75) is 13.8 Å². The molecule has 0 aliphatic rings. The third-order valence-electron chi connectivity index (χ3n) is 3.46. The first kappa shape index (κ1) is 14.8. The quantitative estimate of drug-likeness (QED) is 0.909. The molecule has 0 atom stereocenters. The highest BCUT2D eigenvalue weighted by atomic mass is 16.2. The molecule has 2 amide bonds. The summed E-state index contributed by atoms with van der Waals surface area (Å²) in [4.78, 5) is 23.9. The predicted molar refractivity (Wildman–Crippen MR) is 83.7 cm³/mol. The second-order valence-corrected chi connectivity index (χ2v) is 4.86. The Bertz CT molecular complexity index is 693. The number of carbonyl (C=O) groups is 2. The number of carbonyl (C=O) groups excluding carboxylic acids is 2. The van der Waals surface area contributed by atoms with Gasteiger partial charge in [-0.15, -0.1) is 0 Å². The van der Waals surface area contributed by atoms with Crippen molar-refractivity contribution in [1.82, 2.24) is 5.32 Å². The van der Waals surface area contributed by atoms with Crippen LogP contribution in [0.25, 0.3) is 0 Å². The van der Waals surface area contributed by atoms with Gasteiger partial charge in [-0.1, -0.05) is 18.2 Å². The van der Waals surface area contributed by atoms with Crippen LogP contribution in [-0.2, 0) is 0 Å². The molecule has 0 radical (unpaired) electrons. The summed E-state index contributed by atoms with van der Waals surface area (Å²) in [5.74, 6) is -0.358. The summed E-state index contributed by atoms with van der Waals surface area (Å²) in [6, 6.07) is 12.5. The fourth-order valence-electron chi connectivity index (χ4n) is 2.08. The molecule has 0 aliphatic heterocycles. The van der Waals surface area contributed by atoms with Gasteiger partial charge in [-0.3, -0.25) is 9.59 Å². The number of hydrogen-bond acceptors (Lipinski definition) is 2. The zero-order valence-corrected chi connectivity index (χ0v) is 12.4. The van der Waals surface area contributed by atoms with Crippen LogP contribution in [0, 0.1) is 13.8 Å². The molecule has 2 aromatic carbocycles. The molecule has 4 nitrogen and oxygen atoms in total. The van der Waals surface area contributed by atoms with Gasteiger partial charge in [0.15, 0.2) is 0 Å². The Labute approximate surface area is 124 Å². The lowest BCUT2D eigenvalue weighted by Crippen LogP contribution is -2.18. The van der Waals surface area contributed by atoms with E-state index in [1.807, 2.05) is 26.0 Å². The largest absolute Gasteiger partial charge is 0.355 e. The van der Waals surface area contributed by atoms with Crippen LogP contribution in [0.2, 0.25) is 0 Å². The Morgan fingerprint density at radius 2 is 1.67 bits per heavy atom. The number of nitrogens with one attached hydrogen (secondary N) is 2. The van der Waals surface area contributed by atoms with Crippen LogP contribution in [0.3, 0.4) is 0 Å². The molecule has 2 N–H and O–H groups in total. The number of rotatable bonds is 3. The SMILES string of the molecule is CNC(=O)c1cccc(NC(=O)c2cccc(C)c2C)c1. The summed E-state index contributed by atoms with van der Waals surface area (Å²) >= 11 is 0. The van der Waals surface area contributed by atoms with E-state index in [9.17, 15) is 9.59 Å². The first-order chi connectivity index (χ1) is 10.0. The van der Waals surface area contributed by atoms with Gasteiger partial charge in [0.2, 0.25) is 0 Å². The lowest BCUT2D eigenvalue weighted by Gasteiger charge is -2.10. The third-order valence-corrected chi connectivity index (χ3v) is 3.46. The van der Waals surface area contributed by atoms with Gasteiger partial charge in [0.1, 0.15) is 0 Å². The number of aryl methyl sites for hydroxylation is 1. The zero-order chi connectivity index (χ0) is 15.4. The molecule has 21 heavy (non-hydrogen) atoms. The molecule has 0 unspecified atom stereocenters. The molecule has 0 aromatic heterocycles. The van der Waals surface area contributed by atoms with Crippen molar-refractivity contribution >= 4 is 17.5 Å². The lowest BCUT2D eigenvalue weighted by molar-refractivity contribution is 0.0961. The minimum atomic E-state index is -0.183. The summed E-state index contributed by atoms with van der Waals surface area (Å²) < 4.78 is 0. The van der Waals surface area contributed by atoms with Crippen molar-refractivity contribution in [3.8, 4) is 0 Å². The van der Waals surface area contributed by atoms with Crippen LogP contribution < -0.4 is 10.6 Å². The Hall–Kier alpha value is -2.62. The summed E-state index contributed by atoms with van der Waals surface area (Å²) in [5, 5.41) is 5.39. The van der Waals surface area contributed by atoms with E-state index in [0.29, 0.717) is 16.8 Å². The summed E-state index contributed by atoms with van der Waals surface area (Å²) in [6.45, 7) is 3.89. The fraction of sp³-hybridized carbons (Fsp3) is 0.176. The molecule has 0 spiro atoms. The Morgan fingerprint density at radius 3 is 2.38 bits per heavy atom. The van der Waals surface area contributed by atoms with Gasteiger partial charge in [0, 0.05) is 23.9 Å². The predicted octanol–water partition coefficient (Wildman–Crippen LogP) is 2.92. The average molecular weight is 282 g/mol. The molecule has 0 bridgehead atoms. The maximum atomic E-state index is 12.3. The van der Waals surface area contributed by atoms with Gasteiger partial charge in [-0.25, -0.2) is 0 Å². The second kappa shape index (κ2) is 6.22. The maximum Gasteiger partial charge on any atom is 0.255 e. The number of benzene rings is 2. The highest BCUT2D eigenvalue weighted by Gasteiger charge is 2.11. The van der Waals surface area contributed by atoms with E-state index >= 15 is 0 Å². The summed E-state index contributed by atoms with van der Waals surface area (Å²) in [5.41, 5.74) is 3.78. The Kier molecular flexibility index (Phi) is 4.38. The smallest absolute Gasteiger partial charge is 0.255 e. The molecule has 0 saturated carbocycles. The standard InChI is InChI=1S/C17H18N2O2/c1-11-6-4-9-15(12(11)2)17(21)19-14-8-5-7-13(10-14)16(20)18-3/h4-10H,1-3H3,(H,18,20)(H,19,21). The van der Waals surface area contributed by atoms with Crippen LogP contribution in [0.4, 0.5) is 5.69 Å². The lowest BCUT2D eigenvalue weighted by atomic mass is 10.0. The number of anilines is 1. The molecule has 2 rings (SSSR count). The number of amides is 2. The first-order valence-corrected chi connectivity index (χ1v) is 6.72. The van der Waals surface area contributed by atoms with E-state index in [4.69, 9.17) is 0 Å². The molecular weight excluding hydrogens is 264 g/mol. The van der Waals surface area contributed by atoms with Crippen LogP contribution >= 0.6 is 0 Å². The molecule has 0 heterocycles. The van der Waals surface area contributed by atoms with Crippen molar-refractivity contribution in [1.29, 1.82) is 0 Å². The molecule has 2 aromatic rings. The third kappa shape index (κ3) is 3.28. The monoisotopic (exact) mass is 282 g/mol.